The highest BCUT2D eigenvalue weighted by Gasteiger charge is 2.30. The van der Waals surface area contributed by atoms with E-state index in [-0.39, 0.29) is 5.56 Å². The first-order valence-electron chi connectivity index (χ1n) is 4.33. The summed E-state index contributed by atoms with van der Waals surface area (Å²) >= 11 is 0. The van der Waals surface area contributed by atoms with Crippen LogP contribution in [0.15, 0.2) is 24.3 Å². The summed E-state index contributed by atoms with van der Waals surface area (Å²) in [5.74, 6) is -0.972. The molecule has 0 spiro atoms. The molecule has 96 valence electrons. The Morgan fingerprint density at radius 3 is 2.00 bits per heavy atom. The SMILES string of the molecule is O=S(=O)(Cl)CC(F)c1ccc(C(F)(F)F)cc1. The predicted molar refractivity (Wildman–Crippen MR) is 54.9 cm³/mol. The van der Waals surface area contributed by atoms with E-state index in [0.29, 0.717) is 12.1 Å². The molecule has 1 rings (SSSR count). The first-order chi connectivity index (χ1) is 7.59. The summed E-state index contributed by atoms with van der Waals surface area (Å²) in [7, 11) is 0.799. The quantitative estimate of drug-likeness (QED) is 0.632. The topological polar surface area (TPSA) is 34.1 Å². The van der Waals surface area contributed by atoms with Gasteiger partial charge in [0.2, 0.25) is 9.05 Å². The molecule has 1 atom stereocenters. The molecule has 0 aromatic heterocycles. The van der Waals surface area contributed by atoms with Gasteiger partial charge in [-0.05, 0) is 17.7 Å². The molecule has 2 nitrogen and oxygen atoms in total. The Morgan fingerprint density at radius 1 is 1.18 bits per heavy atom. The number of alkyl halides is 4. The van der Waals surface area contributed by atoms with Crippen LogP contribution >= 0.6 is 10.7 Å². The molecule has 0 aliphatic rings. The highest BCUT2D eigenvalue weighted by Crippen LogP contribution is 2.30. The Balaban J connectivity index is 2.88. The van der Waals surface area contributed by atoms with Crippen molar-refractivity contribution in [1.29, 1.82) is 0 Å². The van der Waals surface area contributed by atoms with Gasteiger partial charge in [-0.25, -0.2) is 12.8 Å². The maximum Gasteiger partial charge on any atom is 0.416 e. The summed E-state index contributed by atoms with van der Waals surface area (Å²) in [6.45, 7) is 0. The van der Waals surface area contributed by atoms with Crippen LogP contribution in [0.5, 0.6) is 0 Å². The van der Waals surface area contributed by atoms with Crippen LogP contribution in [0.2, 0.25) is 0 Å². The monoisotopic (exact) mass is 290 g/mol. The minimum atomic E-state index is -4.51. The summed E-state index contributed by atoms with van der Waals surface area (Å²) in [4.78, 5) is 0. The molecule has 0 saturated carbocycles. The van der Waals surface area contributed by atoms with Gasteiger partial charge in [0.1, 0.15) is 11.9 Å². The second-order valence-corrected chi connectivity index (χ2v) is 6.11. The van der Waals surface area contributed by atoms with Crippen molar-refractivity contribution < 1.29 is 26.0 Å². The molecule has 17 heavy (non-hydrogen) atoms. The Bertz CT molecular complexity index is 481. The number of hydrogen-bond donors (Lipinski definition) is 0. The van der Waals surface area contributed by atoms with Gasteiger partial charge in [0, 0.05) is 10.7 Å². The first kappa shape index (κ1) is 14.2. The summed E-state index contributed by atoms with van der Waals surface area (Å²) in [6.07, 6.45) is -6.46. The van der Waals surface area contributed by atoms with Gasteiger partial charge in [0.15, 0.2) is 0 Å². The normalized spacial score (nSPS) is 14.6. The zero-order chi connectivity index (χ0) is 13.3. The minimum Gasteiger partial charge on any atom is -0.241 e. The van der Waals surface area contributed by atoms with Gasteiger partial charge in [-0.3, -0.25) is 0 Å². The van der Waals surface area contributed by atoms with Gasteiger partial charge < -0.3 is 0 Å². The lowest BCUT2D eigenvalue weighted by atomic mass is 10.1. The Morgan fingerprint density at radius 2 is 1.65 bits per heavy atom. The van der Waals surface area contributed by atoms with Crippen molar-refractivity contribution in [3.63, 3.8) is 0 Å². The molecular weight excluding hydrogens is 284 g/mol. The van der Waals surface area contributed by atoms with Gasteiger partial charge in [-0.2, -0.15) is 13.2 Å². The second-order valence-electron chi connectivity index (χ2n) is 3.29. The molecule has 0 N–H and O–H groups in total. The highest BCUT2D eigenvalue weighted by atomic mass is 35.7. The fourth-order valence-electron chi connectivity index (χ4n) is 1.15. The lowest BCUT2D eigenvalue weighted by Gasteiger charge is -2.09. The van der Waals surface area contributed by atoms with E-state index >= 15 is 0 Å². The molecule has 0 aliphatic carbocycles. The van der Waals surface area contributed by atoms with Crippen LogP contribution < -0.4 is 0 Å². The van der Waals surface area contributed by atoms with E-state index in [1.165, 1.54) is 0 Å². The Hall–Kier alpha value is -0.820. The van der Waals surface area contributed by atoms with Crippen LogP contribution in [0.25, 0.3) is 0 Å². The van der Waals surface area contributed by atoms with Crippen molar-refractivity contribution >= 4 is 19.7 Å². The molecule has 1 unspecified atom stereocenters. The first-order valence-corrected chi connectivity index (χ1v) is 6.81. The van der Waals surface area contributed by atoms with Crippen LogP contribution in [0.1, 0.15) is 17.3 Å². The number of rotatable bonds is 3. The highest BCUT2D eigenvalue weighted by molar-refractivity contribution is 8.13. The largest absolute Gasteiger partial charge is 0.416 e. The molecule has 0 saturated heterocycles. The van der Waals surface area contributed by atoms with Crippen LogP contribution in [0, 0.1) is 0 Å². The average Bonchev–Trinajstić information content (AvgIpc) is 2.14. The van der Waals surface area contributed by atoms with Crippen molar-refractivity contribution in [3.05, 3.63) is 35.4 Å². The van der Waals surface area contributed by atoms with E-state index in [9.17, 15) is 26.0 Å². The zero-order valence-electron chi connectivity index (χ0n) is 8.21. The molecule has 0 radical (unpaired) electrons. The van der Waals surface area contributed by atoms with Gasteiger partial charge in [-0.1, -0.05) is 12.1 Å². The summed E-state index contributed by atoms with van der Waals surface area (Å²) < 4.78 is 71.0. The maximum atomic E-state index is 13.3. The Labute approximate surface area is 99.6 Å². The molecule has 1 aromatic rings. The van der Waals surface area contributed by atoms with Gasteiger partial charge in [0.25, 0.3) is 0 Å². The summed E-state index contributed by atoms with van der Waals surface area (Å²) in [5, 5.41) is 0. The van der Waals surface area contributed by atoms with Crippen LogP contribution in [-0.2, 0) is 15.2 Å². The summed E-state index contributed by atoms with van der Waals surface area (Å²) in [5.41, 5.74) is -1.09. The number of halogens is 5. The van der Waals surface area contributed by atoms with Gasteiger partial charge in [-0.15, -0.1) is 0 Å². The number of hydrogen-bond acceptors (Lipinski definition) is 2. The smallest absolute Gasteiger partial charge is 0.241 e. The van der Waals surface area contributed by atoms with Crippen LogP contribution in [-0.4, -0.2) is 14.2 Å². The molecule has 8 heteroatoms. The molecule has 0 fully saturated rings. The third kappa shape index (κ3) is 4.51. The fraction of sp³-hybridized carbons (Fsp3) is 0.333. The number of benzene rings is 1. The van der Waals surface area contributed by atoms with Crippen molar-refractivity contribution in [2.45, 2.75) is 12.3 Å². The fourth-order valence-corrected chi connectivity index (χ4v) is 2.03. The van der Waals surface area contributed by atoms with E-state index in [0.717, 1.165) is 12.1 Å². The molecular formula is C9H7ClF4O2S. The van der Waals surface area contributed by atoms with E-state index in [1.54, 1.807) is 0 Å². The second kappa shape index (κ2) is 4.81. The Kier molecular flexibility index (Phi) is 4.03. The van der Waals surface area contributed by atoms with E-state index in [1.807, 2.05) is 0 Å². The zero-order valence-corrected chi connectivity index (χ0v) is 9.78. The predicted octanol–water partition coefficient (Wildman–Crippen LogP) is 3.28. The lowest BCUT2D eigenvalue weighted by molar-refractivity contribution is -0.137. The van der Waals surface area contributed by atoms with Crippen LogP contribution in [0.3, 0.4) is 0 Å². The summed E-state index contributed by atoms with van der Waals surface area (Å²) in [6, 6.07) is 3.14. The maximum absolute atomic E-state index is 13.3. The van der Waals surface area contributed by atoms with Gasteiger partial charge in [0.05, 0.1) is 5.56 Å². The minimum absolute atomic E-state index is 0.165. The van der Waals surface area contributed by atoms with Crippen molar-refractivity contribution in [1.82, 2.24) is 0 Å². The van der Waals surface area contributed by atoms with E-state index in [2.05, 4.69) is 0 Å². The third-order valence-corrected chi connectivity index (χ3v) is 3.01. The standard InChI is InChI=1S/C9H7ClF4O2S/c10-17(15,16)5-8(11)6-1-3-7(4-2-6)9(12,13)14/h1-4,8H,5H2. The van der Waals surface area contributed by atoms with Crippen molar-refractivity contribution in [3.8, 4) is 0 Å². The van der Waals surface area contributed by atoms with E-state index in [4.69, 9.17) is 10.7 Å². The molecule has 0 amide bonds. The lowest BCUT2D eigenvalue weighted by Crippen LogP contribution is -2.08. The molecule has 0 bridgehead atoms. The van der Waals surface area contributed by atoms with Crippen molar-refractivity contribution in [2.75, 3.05) is 5.75 Å². The molecule has 0 aliphatic heterocycles. The molecule has 0 heterocycles. The van der Waals surface area contributed by atoms with Crippen molar-refractivity contribution in [2.24, 2.45) is 0 Å². The average molecular weight is 291 g/mol. The van der Waals surface area contributed by atoms with E-state index < -0.39 is 32.7 Å². The van der Waals surface area contributed by atoms with Crippen LogP contribution in [0.4, 0.5) is 17.6 Å². The molecule has 1 aromatic carbocycles. The third-order valence-electron chi connectivity index (χ3n) is 1.95. The van der Waals surface area contributed by atoms with Gasteiger partial charge >= 0.3 is 6.18 Å².